The maximum Gasteiger partial charge on any atom is 0.0619 e. The molecule has 0 unspecified atom stereocenters. The first-order chi connectivity index (χ1) is 28.3. The van der Waals surface area contributed by atoms with E-state index in [0.29, 0.717) is 0 Å². The molecule has 0 radical (unpaired) electrons. The molecule has 2 nitrogen and oxygen atoms in total. The molecule has 0 aliphatic carbocycles. The Hall–Kier alpha value is -7.20. The number of anilines is 3. The van der Waals surface area contributed by atoms with Crippen molar-refractivity contribution in [3.05, 3.63) is 218 Å². The van der Waals surface area contributed by atoms with Crippen molar-refractivity contribution < 1.29 is 0 Å². The van der Waals surface area contributed by atoms with E-state index in [-0.39, 0.29) is 0 Å². The van der Waals surface area contributed by atoms with Crippen LogP contribution >= 0.6 is 11.3 Å². The quantitative estimate of drug-likeness (QED) is 0.158. The number of para-hydroxylation sites is 3. The van der Waals surface area contributed by atoms with E-state index in [1.54, 1.807) is 0 Å². The van der Waals surface area contributed by atoms with Crippen molar-refractivity contribution in [2.75, 3.05) is 4.90 Å². The molecule has 0 saturated heterocycles. The summed E-state index contributed by atoms with van der Waals surface area (Å²) in [6.45, 7) is 0. The molecule has 0 bridgehead atoms. The Morgan fingerprint density at radius 2 is 0.860 bits per heavy atom. The first-order valence-corrected chi connectivity index (χ1v) is 20.3. The average molecular weight is 745 g/mol. The van der Waals surface area contributed by atoms with Crippen LogP contribution in [0.4, 0.5) is 17.1 Å². The molecule has 9 aromatic carbocycles. The molecule has 57 heavy (non-hydrogen) atoms. The smallest absolute Gasteiger partial charge is 0.0619 e. The van der Waals surface area contributed by atoms with Gasteiger partial charge in [0.2, 0.25) is 0 Å². The van der Waals surface area contributed by atoms with E-state index in [1.165, 1.54) is 81.0 Å². The summed E-state index contributed by atoms with van der Waals surface area (Å²) >= 11 is 1.86. The van der Waals surface area contributed by atoms with Crippen molar-refractivity contribution in [1.82, 2.24) is 4.57 Å². The lowest BCUT2D eigenvalue weighted by molar-refractivity contribution is 1.18. The van der Waals surface area contributed by atoms with Gasteiger partial charge in [-0.2, -0.15) is 0 Å². The van der Waals surface area contributed by atoms with Gasteiger partial charge in [-0.25, -0.2) is 0 Å². The van der Waals surface area contributed by atoms with Gasteiger partial charge in [0.15, 0.2) is 0 Å². The summed E-state index contributed by atoms with van der Waals surface area (Å²) in [6.07, 6.45) is 0. The van der Waals surface area contributed by atoms with E-state index in [0.717, 1.165) is 17.1 Å². The minimum absolute atomic E-state index is 1.11. The minimum Gasteiger partial charge on any atom is -0.310 e. The zero-order valence-corrected chi connectivity index (χ0v) is 31.9. The molecule has 2 heterocycles. The highest BCUT2D eigenvalue weighted by Gasteiger charge is 2.20. The Morgan fingerprint density at radius 3 is 1.58 bits per heavy atom. The highest BCUT2D eigenvalue weighted by molar-refractivity contribution is 7.26. The number of aromatic nitrogens is 1. The predicted molar refractivity (Wildman–Crippen MR) is 245 cm³/mol. The van der Waals surface area contributed by atoms with Gasteiger partial charge in [0.25, 0.3) is 0 Å². The van der Waals surface area contributed by atoms with Gasteiger partial charge < -0.3 is 9.47 Å². The fourth-order valence-corrected chi connectivity index (χ4v) is 9.78. The molecule has 0 atom stereocenters. The molecule has 0 fully saturated rings. The molecule has 0 spiro atoms. The lowest BCUT2D eigenvalue weighted by Crippen LogP contribution is -2.10. The van der Waals surface area contributed by atoms with Crippen LogP contribution in [0.1, 0.15) is 0 Å². The van der Waals surface area contributed by atoms with Crippen LogP contribution in [0.3, 0.4) is 0 Å². The van der Waals surface area contributed by atoms with Crippen LogP contribution < -0.4 is 4.90 Å². The standard InChI is InChI=1S/C54H36N2S/c1-3-15-37(16-4-1)43-19-7-8-20-44(43)38-29-33-41(34-30-38)55(50-26-14-28-52-53(50)48-22-10-12-27-51(48)57-52)42-35-31-39(32-36-42)45-23-13-24-47-46-21-9-11-25-49(46)56(54(45)47)40-17-5-2-6-18-40/h1-36H. The molecule has 268 valence electrons. The molecule has 2 aromatic heterocycles. The van der Waals surface area contributed by atoms with Gasteiger partial charge in [-0.3, -0.25) is 0 Å². The Balaban J connectivity index is 1.07. The van der Waals surface area contributed by atoms with E-state index in [1.807, 2.05) is 11.3 Å². The van der Waals surface area contributed by atoms with Gasteiger partial charge in [0, 0.05) is 53.6 Å². The monoisotopic (exact) mass is 744 g/mol. The summed E-state index contributed by atoms with van der Waals surface area (Å²) in [6, 6.07) is 79.3. The Labute approximate surface area is 335 Å². The number of fused-ring (bicyclic) bond motifs is 6. The second kappa shape index (κ2) is 13.8. The first kappa shape index (κ1) is 33.2. The number of hydrogen-bond acceptors (Lipinski definition) is 2. The van der Waals surface area contributed by atoms with Crippen molar-refractivity contribution in [2.45, 2.75) is 0 Å². The van der Waals surface area contributed by atoms with Gasteiger partial charge >= 0.3 is 0 Å². The van der Waals surface area contributed by atoms with Gasteiger partial charge in [0.05, 0.1) is 16.7 Å². The fourth-order valence-electron chi connectivity index (χ4n) is 8.65. The summed E-state index contributed by atoms with van der Waals surface area (Å²) in [5.74, 6) is 0. The van der Waals surface area contributed by atoms with Crippen LogP contribution in [0, 0.1) is 0 Å². The molecular weight excluding hydrogens is 709 g/mol. The SMILES string of the molecule is c1ccc(-c2ccccc2-c2ccc(N(c3ccc(-c4cccc5c6ccccc6n(-c6ccccc6)c45)cc3)c3cccc4sc5ccccc5c34)cc2)cc1. The van der Waals surface area contributed by atoms with Crippen LogP contribution in [0.25, 0.3) is 81.0 Å². The van der Waals surface area contributed by atoms with Gasteiger partial charge in [-0.05, 0) is 88.5 Å². The van der Waals surface area contributed by atoms with E-state index in [2.05, 4.69) is 228 Å². The molecule has 0 N–H and O–H groups in total. The predicted octanol–water partition coefficient (Wildman–Crippen LogP) is 15.6. The maximum absolute atomic E-state index is 2.43. The van der Waals surface area contributed by atoms with Crippen molar-refractivity contribution in [3.63, 3.8) is 0 Å². The third-order valence-electron chi connectivity index (χ3n) is 11.2. The van der Waals surface area contributed by atoms with Crippen molar-refractivity contribution >= 4 is 70.4 Å². The normalized spacial score (nSPS) is 11.5. The topological polar surface area (TPSA) is 8.17 Å². The number of hydrogen-bond donors (Lipinski definition) is 0. The van der Waals surface area contributed by atoms with E-state index in [9.17, 15) is 0 Å². The van der Waals surface area contributed by atoms with Crippen molar-refractivity contribution in [3.8, 4) is 39.1 Å². The zero-order chi connectivity index (χ0) is 37.7. The summed E-state index contributed by atoms with van der Waals surface area (Å²) in [5, 5.41) is 5.07. The summed E-state index contributed by atoms with van der Waals surface area (Å²) in [7, 11) is 0. The van der Waals surface area contributed by atoms with E-state index >= 15 is 0 Å². The zero-order valence-electron chi connectivity index (χ0n) is 31.1. The van der Waals surface area contributed by atoms with Gasteiger partial charge in [-0.15, -0.1) is 11.3 Å². The summed E-state index contributed by atoms with van der Waals surface area (Å²) in [5.41, 5.74) is 14.2. The highest BCUT2D eigenvalue weighted by Crippen LogP contribution is 2.46. The Kier molecular flexibility index (Phi) is 8.04. The lowest BCUT2D eigenvalue weighted by Gasteiger charge is -2.27. The summed E-state index contributed by atoms with van der Waals surface area (Å²) in [4.78, 5) is 2.43. The Bertz CT molecular complexity index is 3210. The molecule has 11 aromatic rings. The van der Waals surface area contributed by atoms with Crippen LogP contribution in [0.2, 0.25) is 0 Å². The third kappa shape index (κ3) is 5.63. The minimum atomic E-state index is 1.11. The van der Waals surface area contributed by atoms with Gasteiger partial charge in [0.1, 0.15) is 0 Å². The van der Waals surface area contributed by atoms with Crippen LogP contribution in [0.15, 0.2) is 218 Å². The van der Waals surface area contributed by atoms with Crippen molar-refractivity contribution in [1.29, 1.82) is 0 Å². The number of nitrogens with zero attached hydrogens (tertiary/aromatic N) is 2. The summed E-state index contributed by atoms with van der Waals surface area (Å²) < 4.78 is 4.99. The van der Waals surface area contributed by atoms with Crippen LogP contribution in [-0.2, 0) is 0 Å². The second-order valence-corrected chi connectivity index (χ2v) is 15.6. The molecular formula is C54H36N2S. The Morgan fingerprint density at radius 1 is 0.351 bits per heavy atom. The molecule has 0 saturated carbocycles. The average Bonchev–Trinajstić information content (AvgIpc) is 3.84. The van der Waals surface area contributed by atoms with Gasteiger partial charge in [-0.1, -0.05) is 158 Å². The molecule has 0 amide bonds. The highest BCUT2D eigenvalue weighted by atomic mass is 32.1. The maximum atomic E-state index is 2.43. The number of thiophene rings is 1. The second-order valence-electron chi connectivity index (χ2n) is 14.5. The fraction of sp³-hybridized carbons (Fsp3) is 0. The van der Waals surface area contributed by atoms with E-state index in [4.69, 9.17) is 0 Å². The number of rotatable bonds is 7. The molecule has 11 rings (SSSR count). The lowest BCUT2D eigenvalue weighted by atomic mass is 9.94. The molecule has 0 aliphatic heterocycles. The van der Waals surface area contributed by atoms with E-state index < -0.39 is 0 Å². The largest absolute Gasteiger partial charge is 0.310 e. The van der Waals surface area contributed by atoms with Crippen LogP contribution in [-0.4, -0.2) is 4.57 Å². The first-order valence-electron chi connectivity index (χ1n) is 19.4. The third-order valence-corrected chi connectivity index (χ3v) is 12.4. The van der Waals surface area contributed by atoms with Crippen molar-refractivity contribution in [2.24, 2.45) is 0 Å². The molecule has 3 heteroatoms. The van der Waals surface area contributed by atoms with Crippen LogP contribution in [0.5, 0.6) is 0 Å². The number of benzene rings is 9. The molecule has 0 aliphatic rings.